The highest BCUT2D eigenvalue weighted by Crippen LogP contribution is 2.32. The first-order valence-corrected chi connectivity index (χ1v) is 13.0. The van der Waals surface area contributed by atoms with Crippen LogP contribution in [0.2, 0.25) is 0 Å². The molecule has 1 aliphatic heterocycles. The minimum atomic E-state index is -0.452. The summed E-state index contributed by atoms with van der Waals surface area (Å²) < 4.78 is 6.25. The first-order chi connectivity index (χ1) is 16.5. The van der Waals surface area contributed by atoms with Gasteiger partial charge in [0.2, 0.25) is 11.8 Å². The summed E-state index contributed by atoms with van der Waals surface area (Å²) in [6.07, 6.45) is 1.77. The fourth-order valence-electron chi connectivity index (χ4n) is 4.04. The number of thioether (sulfide) groups is 1. The molecule has 1 saturated heterocycles. The zero-order valence-electron chi connectivity index (χ0n) is 19.0. The number of nitrogens with zero attached hydrogens (tertiary/aromatic N) is 1. The van der Waals surface area contributed by atoms with Crippen LogP contribution in [0.5, 0.6) is 5.75 Å². The number of carbonyl (C=O) groups excluding carboxylic acids is 2. The van der Waals surface area contributed by atoms with E-state index in [0.29, 0.717) is 13.0 Å². The second-order valence-corrected chi connectivity index (χ2v) is 10.0. The maximum Gasteiger partial charge on any atom is 0.247 e. The van der Waals surface area contributed by atoms with Crippen molar-refractivity contribution < 1.29 is 14.3 Å². The zero-order chi connectivity index (χ0) is 23.9. The molecule has 1 atom stereocenters. The monoisotopic (exact) mass is 538 g/mol. The summed E-state index contributed by atoms with van der Waals surface area (Å²) in [7, 11) is 1.62. The molecule has 176 valence electrons. The number of anilines is 1. The number of benzene rings is 3. The third-order valence-electron chi connectivity index (χ3n) is 5.88. The third kappa shape index (κ3) is 6.02. The lowest BCUT2D eigenvalue weighted by atomic mass is 10.1. The van der Waals surface area contributed by atoms with Gasteiger partial charge in [0.25, 0.3) is 0 Å². The molecule has 1 fully saturated rings. The van der Waals surface area contributed by atoms with Crippen LogP contribution in [0.3, 0.4) is 0 Å². The van der Waals surface area contributed by atoms with Crippen molar-refractivity contribution in [3.63, 3.8) is 0 Å². The van der Waals surface area contributed by atoms with Crippen molar-refractivity contribution in [2.24, 2.45) is 0 Å². The van der Waals surface area contributed by atoms with E-state index in [9.17, 15) is 9.59 Å². The van der Waals surface area contributed by atoms with Crippen molar-refractivity contribution in [2.45, 2.75) is 36.0 Å². The number of para-hydroxylation sites is 1. The highest BCUT2D eigenvalue weighted by atomic mass is 79.9. The number of ether oxygens (including phenoxy) is 1. The van der Waals surface area contributed by atoms with E-state index < -0.39 is 6.04 Å². The van der Waals surface area contributed by atoms with Crippen LogP contribution in [0.1, 0.15) is 24.0 Å². The van der Waals surface area contributed by atoms with Crippen LogP contribution >= 0.6 is 27.7 Å². The lowest BCUT2D eigenvalue weighted by Gasteiger charge is -2.24. The van der Waals surface area contributed by atoms with Crippen molar-refractivity contribution in [3.8, 4) is 5.75 Å². The molecular formula is C27H27BrN2O3S. The van der Waals surface area contributed by atoms with Gasteiger partial charge in [-0.05, 0) is 54.3 Å². The van der Waals surface area contributed by atoms with E-state index in [1.165, 1.54) is 5.56 Å². The predicted molar refractivity (Wildman–Crippen MR) is 140 cm³/mol. The summed E-state index contributed by atoms with van der Waals surface area (Å²) in [6, 6.07) is 23.0. The molecular weight excluding hydrogens is 512 g/mol. The summed E-state index contributed by atoms with van der Waals surface area (Å²) >= 11 is 5.27. The average Bonchev–Trinajstić information content (AvgIpc) is 3.35. The first-order valence-electron chi connectivity index (χ1n) is 11.2. The lowest BCUT2D eigenvalue weighted by molar-refractivity contribution is -0.136. The van der Waals surface area contributed by atoms with Gasteiger partial charge in [-0.15, -0.1) is 11.8 Å². The Kier molecular flexibility index (Phi) is 8.29. The summed E-state index contributed by atoms with van der Waals surface area (Å²) in [6.45, 7) is 0.603. The Labute approximate surface area is 213 Å². The summed E-state index contributed by atoms with van der Waals surface area (Å²) in [5.41, 5.74) is 2.88. The van der Waals surface area contributed by atoms with E-state index in [2.05, 4.69) is 27.3 Å². The number of likely N-dealkylation sites (tertiary alicyclic amines) is 1. The van der Waals surface area contributed by atoms with Gasteiger partial charge in [-0.3, -0.25) is 9.59 Å². The Morgan fingerprint density at radius 2 is 1.79 bits per heavy atom. The molecule has 0 aromatic heterocycles. The summed E-state index contributed by atoms with van der Waals surface area (Å²) in [5.74, 6) is 1.38. The minimum absolute atomic E-state index is 0.0283. The molecule has 5 nitrogen and oxygen atoms in total. The molecule has 1 aliphatic rings. The number of rotatable bonds is 8. The lowest BCUT2D eigenvalue weighted by Crippen LogP contribution is -2.43. The van der Waals surface area contributed by atoms with Crippen LogP contribution in [0, 0.1) is 0 Å². The average molecular weight is 539 g/mol. The molecule has 0 spiro atoms. The Balaban J connectivity index is 1.40. The molecule has 3 aromatic carbocycles. The smallest absolute Gasteiger partial charge is 0.247 e. The molecule has 1 N–H and O–H groups in total. The second kappa shape index (κ2) is 11.6. The standard InChI is InChI=1S/C27H27BrN2O3S/c1-33-21-14-12-19(13-15-21)17-26(31)30-16-6-10-24(30)27(32)29-23-9-4-5-11-25(23)34-18-20-7-2-3-8-22(20)28/h2-5,7-9,11-15,24H,6,10,16-18H2,1H3,(H,29,32). The van der Waals surface area contributed by atoms with Crippen molar-refractivity contribution >= 4 is 45.2 Å². The molecule has 34 heavy (non-hydrogen) atoms. The SMILES string of the molecule is COc1ccc(CC(=O)N2CCCC2C(=O)Nc2ccccc2SCc2ccccc2Br)cc1. The quantitative estimate of drug-likeness (QED) is 0.361. The van der Waals surface area contributed by atoms with Crippen LogP contribution in [0.15, 0.2) is 82.2 Å². The fourth-order valence-corrected chi connectivity index (χ4v) is 5.66. The number of halogens is 1. The zero-order valence-corrected chi connectivity index (χ0v) is 21.4. The van der Waals surface area contributed by atoms with Crippen LogP contribution in [-0.2, 0) is 21.8 Å². The molecule has 0 bridgehead atoms. The summed E-state index contributed by atoms with van der Waals surface area (Å²) in [5, 5.41) is 3.09. The molecule has 3 aromatic rings. The van der Waals surface area contributed by atoms with Gasteiger partial charge in [0, 0.05) is 21.7 Å². The predicted octanol–water partition coefficient (Wildman–Crippen LogP) is 5.92. The second-order valence-electron chi connectivity index (χ2n) is 8.14. The number of hydrogen-bond acceptors (Lipinski definition) is 4. The number of amides is 2. The van der Waals surface area contributed by atoms with Crippen LogP contribution in [0.4, 0.5) is 5.69 Å². The third-order valence-corrected chi connectivity index (χ3v) is 7.77. The number of methoxy groups -OCH3 is 1. The van der Waals surface area contributed by atoms with Gasteiger partial charge in [0.15, 0.2) is 0 Å². The highest BCUT2D eigenvalue weighted by molar-refractivity contribution is 9.10. The van der Waals surface area contributed by atoms with Crippen molar-refractivity contribution in [2.75, 3.05) is 19.0 Å². The van der Waals surface area contributed by atoms with E-state index >= 15 is 0 Å². The van der Waals surface area contributed by atoms with Crippen LogP contribution in [-0.4, -0.2) is 36.4 Å². The van der Waals surface area contributed by atoms with Gasteiger partial charge >= 0.3 is 0 Å². The number of carbonyl (C=O) groups is 2. The molecule has 2 amide bonds. The van der Waals surface area contributed by atoms with E-state index in [4.69, 9.17) is 4.74 Å². The molecule has 1 heterocycles. The Morgan fingerprint density at radius 3 is 2.56 bits per heavy atom. The Hall–Kier alpha value is -2.77. The fraction of sp³-hybridized carbons (Fsp3) is 0.259. The largest absolute Gasteiger partial charge is 0.497 e. The Morgan fingerprint density at radius 1 is 1.06 bits per heavy atom. The van der Waals surface area contributed by atoms with Gasteiger partial charge in [0.1, 0.15) is 11.8 Å². The minimum Gasteiger partial charge on any atom is -0.497 e. The molecule has 0 aliphatic carbocycles. The van der Waals surface area contributed by atoms with Gasteiger partial charge in [0.05, 0.1) is 19.2 Å². The highest BCUT2D eigenvalue weighted by Gasteiger charge is 2.34. The van der Waals surface area contributed by atoms with Crippen molar-refractivity contribution in [1.82, 2.24) is 4.90 Å². The van der Waals surface area contributed by atoms with Crippen molar-refractivity contribution in [3.05, 3.63) is 88.4 Å². The molecule has 0 saturated carbocycles. The molecule has 4 rings (SSSR count). The topological polar surface area (TPSA) is 58.6 Å². The Bertz CT molecular complexity index is 1150. The molecule has 0 radical (unpaired) electrons. The summed E-state index contributed by atoms with van der Waals surface area (Å²) in [4.78, 5) is 28.9. The van der Waals surface area contributed by atoms with Crippen molar-refractivity contribution in [1.29, 1.82) is 0 Å². The van der Waals surface area contributed by atoms with Gasteiger partial charge in [-0.2, -0.15) is 0 Å². The number of hydrogen-bond donors (Lipinski definition) is 1. The van der Waals surface area contributed by atoms with E-state index in [1.807, 2.05) is 66.7 Å². The van der Waals surface area contributed by atoms with E-state index in [0.717, 1.165) is 38.5 Å². The molecule has 7 heteroatoms. The normalized spacial score (nSPS) is 15.2. The van der Waals surface area contributed by atoms with Crippen LogP contribution in [0.25, 0.3) is 0 Å². The van der Waals surface area contributed by atoms with Gasteiger partial charge < -0.3 is 15.0 Å². The van der Waals surface area contributed by atoms with E-state index in [-0.39, 0.29) is 18.2 Å². The maximum absolute atomic E-state index is 13.2. The number of nitrogens with one attached hydrogen (secondary N) is 1. The van der Waals surface area contributed by atoms with Gasteiger partial charge in [-0.25, -0.2) is 0 Å². The molecule has 1 unspecified atom stereocenters. The van der Waals surface area contributed by atoms with E-state index in [1.54, 1.807) is 23.8 Å². The first kappa shape index (κ1) is 24.4. The van der Waals surface area contributed by atoms with Gasteiger partial charge in [-0.1, -0.05) is 58.4 Å². The van der Waals surface area contributed by atoms with Crippen LogP contribution < -0.4 is 10.1 Å². The maximum atomic E-state index is 13.2.